The van der Waals surface area contributed by atoms with Gasteiger partial charge in [0, 0.05) is 16.1 Å². The molecule has 1 aromatic heterocycles. The van der Waals surface area contributed by atoms with E-state index in [1.165, 1.54) is 4.88 Å². The number of aryl methyl sites for hydroxylation is 1. The van der Waals surface area contributed by atoms with Crippen molar-refractivity contribution in [2.75, 3.05) is 11.9 Å². The molecule has 2 rings (SSSR count). The lowest BCUT2D eigenvalue weighted by molar-refractivity contribution is 0.267. The lowest BCUT2D eigenvalue weighted by Gasteiger charge is -2.11. The smallest absolute Gasteiger partial charge is 0.124 e. The molecule has 0 aliphatic heterocycles. The molecule has 0 bridgehead atoms. The van der Waals surface area contributed by atoms with Gasteiger partial charge in [0.25, 0.3) is 0 Å². The molecule has 2 aromatic rings. The van der Waals surface area contributed by atoms with Crippen molar-refractivity contribution in [1.29, 1.82) is 0 Å². The van der Waals surface area contributed by atoms with E-state index in [0.717, 1.165) is 29.2 Å². The maximum atomic E-state index is 9.35. The summed E-state index contributed by atoms with van der Waals surface area (Å²) in [4.78, 5) is 5.44. The van der Waals surface area contributed by atoms with E-state index < -0.39 is 0 Å². The molecule has 5 heteroatoms. The van der Waals surface area contributed by atoms with Gasteiger partial charge in [-0.2, -0.15) is 0 Å². The van der Waals surface area contributed by atoms with Crippen LogP contribution in [-0.2, 0) is 13.2 Å². The Balaban J connectivity index is 2.07. The van der Waals surface area contributed by atoms with Crippen LogP contribution in [0.1, 0.15) is 23.1 Å². The van der Waals surface area contributed by atoms with E-state index in [4.69, 9.17) is 4.74 Å². The second-order valence-corrected chi connectivity index (χ2v) is 5.07. The first kappa shape index (κ1) is 13.8. The fourth-order valence-corrected chi connectivity index (χ4v) is 2.50. The average Bonchev–Trinajstić information content (AvgIpc) is 2.83. The zero-order chi connectivity index (χ0) is 13.7. The van der Waals surface area contributed by atoms with Crippen molar-refractivity contribution in [1.82, 2.24) is 4.98 Å². The Kier molecular flexibility index (Phi) is 4.76. The largest absolute Gasteiger partial charge is 0.494 e. The Morgan fingerprint density at radius 1 is 1.42 bits per heavy atom. The maximum Gasteiger partial charge on any atom is 0.124 e. The van der Waals surface area contributed by atoms with Gasteiger partial charge in [-0.25, -0.2) is 4.98 Å². The first-order chi connectivity index (χ1) is 9.24. The van der Waals surface area contributed by atoms with E-state index in [1.807, 2.05) is 37.6 Å². The second-order valence-electron chi connectivity index (χ2n) is 4.13. The van der Waals surface area contributed by atoms with E-state index in [2.05, 4.69) is 10.3 Å². The summed E-state index contributed by atoms with van der Waals surface area (Å²) >= 11 is 1.64. The molecule has 0 spiro atoms. The molecule has 0 aliphatic rings. The third-order valence-electron chi connectivity index (χ3n) is 2.83. The minimum atomic E-state index is -0.0234. The first-order valence-electron chi connectivity index (χ1n) is 6.24. The number of hydrogen-bond acceptors (Lipinski definition) is 5. The Hall–Kier alpha value is -1.59. The van der Waals surface area contributed by atoms with Crippen LogP contribution < -0.4 is 10.1 Å². The van der Waals surface area contributed by atoms with Crippen LogP contribution in [0.4, 0.5) is 5.69 Å². The Morgan fingerprint density at radius 3 is 2.89 bits per heavy atom. The highest BCUT2D eigenvalue weighted by Crippen LogP contribution is 2.24. The van der Waals surface area contributed by atoms with Crippen LogP contribution in [0.25, 0.3) is 0 Å². The zero-order valence-corrected chi connectivity index (χ0v) is 12.0. The molecular weight excluding hydrogens is 260 g/mol. The van der Waals surface area contributed by atoms with Crippen molar-refractivity contribution < 1.29 is 9.84 Å². The van der Waals surface area contributed by atoms with Gasteiger partial charge in [-0.05, 0) is 32.0 Å². The molecule has 0 aliphatic carbocycles. The van der Waals surface area contributed by atoms with Crippen molar-refractivity contribution in [2.45, 2.75) is 27.0 Å². The van der Waals surface area contributed by atoms with Crippen LogP contribution in [0.2, 0.25) is 0 Å². The normalized spacial score (nSPS) is 10.5. The van der Waals surface area contributed by atoms with E-state index in [1.54, 1.807) is 11.3 Å². The number of aliphatic hydroxyl groups excluding tert-OH is 1. The molecule has 0 atom stereocenters. The molecule has 19 heavy (non-hydrogen) atoms. The van der Waals surface area contributed by atoms with Gasteiger partial charge in [0.15, 0.2) is 0 Å². The molecule has 4 nitrogen and oxygen atoms in total. The summed E-state index contributed by atoms with van der Waals surface area (Å²) in [6.07, 6.45) is 0. The highest BCUT2D eigenvalue weighted by atomic mass is 32.1. The topological polar surface area (TPSA) is 54.4 Å². The van der Waals surface area contributed by atoms with Gasteiger partial charge in [-0.15, -0.1) is 11.3 Å². The van der Waals surface area contributed by atoms with Crippen LogP contribution in [0.15, 0.2) is 23.7 Å². The van der Waals surface area contributed by atoms with E-state index in [9.17, 15) is 5.11 Å². The van der Waals surface area contributed by atoms with Gasteiger partial charge in [0.1, 0.15) is 5.75 Å². The number of thiazole rings is 1. The van der Waals surface area contributed by atoms with Crippen LogP contribution in [0.5, 0.6) is 5.75 Å². The number of hydrogen-bond donors (Lipinski definition) is 2. The molecular formula is C14H18N2O2S. The van der Waals surface area contributed by atoms with Crippen molar-refractivity contribution in [3.8, 4) is 5.75 Å². The van der Waals surface area contributed by atoms with Crippen LogP contribution in [-0.4, -0.2) is 16.7 Å². The van der Waals surface area contributed by atoms with Crippen LogP contribution >= 0.6 is 11.3 Å². The molecule has 0 radical (unpaired) electrons. The number of nitrogens with one attached hydrogen (secondary N) is 1. The van der Waals surface area contributed by atoms with Crippen molar-refractivity contribution >= 4 is 17.0 Å². The van der Waals surface area contributed by atoms with Crippen molar-refractivity contribution in [2.24, 2.45) is 0 Å². The van der Waals surface area contributed by atoms with Gasteiger partial charge in [-0.3, -0.25) is 0 Å². The third kappa shape index (κ3) is 3.45. The fraction of sp³-hybridized carbons (Fsp3) is 0.357. The molecule has 102 valence electrons. The van der Waals surface area contributed by atoms with Gasteiger partial charge in [0.05, 0.1) is 31.0 Å². The summed E-state index contributed by atoms with van der Waals surface area (Å²) in [5.41, 5.74) is 4.68. The van der Waals surface area contributed by atoms with Crippen LogP contribution in [0.3, 0.4) is 0 Å². The summed E-state index contributed by atoms with van der Waals surface area (Å²) in [6.45, 7) is 5.25. The molecule has 2 N–H and O–H groups in total. The summed E-state index contributed by atoms with van der Waals surface area (Å²) in [5, 5.41) is 12.7. The monoisotopic (exact) mass is 278 g/mol. The minimum absolute atomic E-state index is 0.0234. The SMILES string of the molecule is CCOc1ccc(NCc2scnc2C)cc1CO. The molecule has 0 unspecified atom stereocenters. The van der Waals surface area contributed by atoms with Gasteiger partial charge >= 0.3 is 0 Å². The highest BCUT2D eigenvalue weighted by molar-refractivity contribution is 7.09. The number of aromatic nitrogens is 1. The minimum Gasteiger partial charge on any atom is -0.494 e. The summed E-state index contributed by atoms with van der Waals surface area (Å²) in [7, 11) is 0. The Bertz CT molecular complexity index is 540. The predicted octanol–water partition coefficient (Wildman–Crippen LogP) is 2.95. The number of anilines is 1. The van der Waals surface area contributed by atoms with Crippen molar-refractivity contribution in [3.63, 3.8) is 0 Å². The lowest BCUT2D eigenvalue weighted by Crippen LogP contribution is -2.02. The third-order valence-corrected chi connectivity index (χ3v) is 3.76. The summed E-state index contributed by atoms with van der Waals surface area (Å²) < 4.78 is 5.46. The summed E-state index contributed by atoms with van der Waals surface area (Å²) in [6, 6.07) is 5.76. The summed E-state index contributed by atoms with van der Waals surface area (Å²) in [5.74, 6) is 0.740. The van der Waals surface area contributed by atoms with Gasteiger partial charge in [-0.1, -0.05) is 0 Å². The maximum absolute atomic E-state index is 9.35. The number of benzene rings is 1. The quantitative estimate of drug-likeness (QED) is 0.853. The predicted molar refractivity (Wildman–Crippen MR) is 77.7 cm³/mol. The second kappa shape index (κ2) is 6.54. The molecule has 1 heterocycles. The lowest BCUT2D eigenvalue weighted by atomic mass is 10.2. The number of aliphatic hydroxyl groups is 1. The Labute approximate surface area is 117 Å². The molecule has 1 aromatic carbocycles. The first-order valence-corrected chi connectivity index (χ1v) is 7.12. The highest BCUT2D eigenvalue weighted by Gasteiger charge is 2.05. The number of nitrogens with zero attached hydrogens (tertiary/aromatic N) is 1. The standard InChI is InChI=1S/C14H18N2O2S/c1-3-18-13-5-4-12(6-11(13)8-17)15-7-14-10(2)16-9-19-14/h4-6,9,15,17H,3,7-8H2,1-2H3. The molecule has 0 saturated heterocycles. The molecule has 0 amide bonds. The van der Waals surface area contributed by atoms with E-state index in [0.29, 0.717) is 6.61 Å². The zero-order valence-electron chi connectivity index (χ0n) is 11.1. The average molecular weight is 278 g/mol. The van der Waals surface area contributed by atoms with E-state index in [-0.39, 0.29) is 6.61 Å². The fourth-order valence-electron chi connectivity index (χ4n) is 1.79. The number of rotatable bonds is 6. The van der Waals surface area contributed by atoms with Gasteiger partial charge < -0.3 is 15.2 Å². The Morgan fingerprint density at radius 2 is 2.26 bits per heavy atom. The van der Waals surface area contributed by atoms with Gasteiger partial charge in [0.2, 0.25) is 0 Å². The van der Waals surface area contributed by atoms with Crippen molar-refractivity contribution in [3.05, 3.63) is 39.8 Å². The van der Waals surface area contributed by atoms with E-state index >= 15 is 0 Å². The van der Waals surface area contributed by atoms with Crippen LogP contribution in [0, 0.1) is 6.92 Å². The molecule has 0 fully saturated rings. The number of ether oxygens (including phenoxy) is 1. The molecule has 0 saturated carbocycles.